The highest BCUT2D eigenvalue weighted by atomic mass is 19.1. The highest BCUT2D eigenvalue weighted by Gasteiger charge is 2.20. The maximum absolute atomic E-state index is 14.5. The van der Waals surface area contributed by atoms with Crippen LogP contribution in [0.4, 0.5) is 14.5 Å². The third kappa shape index (κ3) is 4.67. The molecule has 182 valence electrons. The van der Waals surface area contributed by atoms with Crippen LogP contribution in [0.15, 0.2) is 72.8 Å². The Morgan fingerprint density at radius 3 is 2.51 bits per heavy atom. The highest BCUT2D eigenvalue weighted by Crippen LogP contribution is 2.29. The average Bonchev–Trinajstić information content (AvgIpc) is 3.15. The number of carbonyl (C=O) groups is 1. The van der Waals surface area contributed by atoms with Crippen LogP contribution in [0.1, 0.15) is 32.9 Å². The van der Waals surface area contributed by atoms with Crippen molar-refractivity contribution in [2.24, 2.45) is 0 Å². The molecule has 1 amide bonds. The van der Waals surface area contributed by atoms with Gasteiger partial charge in [0.25, 0.3) is 5.91 Å². The van der Waals surface area contributed by atoms with E-state index in [1.165, 1.54) is 12.1 Å². The number of rotatable bonds is 5. The van der Waals surface area contributed by atoms with Gasteiger partial charge in [-0.2, -0.15) is 10.4 Å². The molecule has 0 bridgehead atoms. The first-order chi connectivity index (χ1) is 17.8. The molecule has 5 rings (SSSR count). The summed E-state index contributed by atoms with van der Waals surface area (Å²) in [6.07, 6.45) is 0. The number of anilines is 1. The molecule has 8 heteroatoms. The van der Waals surface area contributed by atoms with Crippen molar-refractivity contribution in [2.75, 3.05) is 5.32 Å². The molecule has 0 saturated heterocycles. The lowest BCUT2D eigenvalue weighted by atomic mass is 10.0. The Hall–Kier alpha value is -4.90. The van der Waals surface area contributed by atoms with Crippen molar-refractivity contribution >= 4 is 22.5 Å². The third-order valence-electron chi connectivity index (χ3n) is 6.20. The van der Waals surface area contributed by atoms with Gasteiger partial charge in [0.15, 0.2) is 0 Å². The molecule has 0 fully saturated rings. The standard InChI is InChI=1S/C29H21F2N5O/c1-17-28(18(2)36(35-17)16-20-9-7-19(15-32)8-10-20)34-29(37)24-14-27(23-12-11-21(30)13-25(23)31)33-26-6-4-3-5-22(24)26/h3-14H,16H2,1-2H3,(H,34,37). The minimum atomic E-state index is -0.759. The van der Waals surface area contributed by atoms with E-state index < -0.39 is 17.5 Å². The molecule has 0 saturated carbocycles. The molecule has 2 heterocycles. The highest BCUT2D eigenvalue weighted by molar-refractivity contribution is 6.13. The number of hydrogen-bond acceptors (Lipinski definition) is 4. The lowest BCUT2D eigenvalue weighted by Crippen LogP contribution is -2.14. The molecule has 0 aliphatic carbocycles. The summed E-state index contributed by atoms with van der Waals surface area (Å²) in [5, 5.41) is 17.2. The summed E-state index contributed by atoms with van der Waals surface area (Å²) in [6, 6.07) is 21.2. The number of nitrogens with zero attached hydrogens (tertiary/aromatic N) is 4. The van der Waals surface area contributed by atoms with Gasteiger partial charge < -0.3 is 5.32 Å². The molecule has 1 N–H and O–H groups in total. The number of nitrogens with one attached hydrogen (secondary N) is 1. The number of nitriles is 1. The summed E-state index contributed by atoms with van der Waals surface area (Å²) in [7, 11) is 0. The Bertz CT molecular complexity index is 1700. The monoisotopic (exact) mass is 493 g/mol. The third-order valence-corrected chi connectivity index (χ3v) is 6.20. The molecule has 5 aromatic rings. The Balaban J connectivity index is 1.50. The fourth-order valence-corrected chi connectivity index (χ4v) is 4.27. The van der Waals surface area contributed by atoms with Gasteiger partial charge in [-0.1, -0.05) is 30.3 Å². The van der Waals surface area contributed by atoms with E-state index >= 15 is 0 Å². The largest absolute Gasteiger partial charge is 0.319 e. The van der Waals surface area contributed by atoms with E-state index in [0.29, 0.717) is 40.0 Å². The molecule has 0 atom stereocenters. The van der Waals surface area contributed by atoms with Crippen molar-refractivity contribution in [3.8, 4) is 17.3 Å². The molecule has 2 aromatic heterocycles. The van der Waals surface area contributed by atoms with E-state index in [2.05, 4.69) is 21.5 Å². The van der Waals surface area contributed by atoms with Crippen LogP contribution < -0.4 is 5.32 Å². The number of carbonyl (C=O) groups excluding carboxylic acids is 1. The van der Waals surface area contributed by atoms with Crippen molar-refractivity contribution in [1.29, 1.82) is 5.26 Å². The van der Waals surface area contributed by atoms with Crippen molar-refractivity contribution < 1.29 is 13.6 Å². The van der Waals surface area contributed by atoms with Crippen LogP contribution in [0.25, 0.3) is 22.2 Å². The van der Waals surface area contributed by atoms with E-state index in [9.17, 15) is 13.6 Å². The molecule has 6 nitrogen and oxygen atoms in total. The maximum atomic E-state index is 14.5. The Kier molecular flexibility index (Phi) is 6.20. The summed E-state index contributed by atoms with van der Waals surface area (Å²) in [4.78, 5) is 18.0. The van der Waals surface area contributed by atoms with E-state index in [1.54, 1.807) is 41.1 Å². The van der Waals surface area contributed by atoms with Gasteiger partial charge in [-0.05, 0) is 55.8 Å². The predicted octanol–water partition coefficient (Wildman–Crippen LogP) is 6.17. The summed E-state index contributed by atoms with van der Waals surface area (Å²) in [5.41, 5.74) is 4.68. The number of benzene rings is 3. The Labute approximate surface area is 211 Å². The van der Waals surface area contributed by atoms with Crippen molar-refractivity contribution in [1.82, 2.24) is 14.8 Å². The lowest BCUT2D eigenvalue weighted by Gasteiger charge is -2.12. The van der Waals surface area contributed by atoms with Crippen LogP contribution in [0, 0.1) is 36.8 Å². The van der Waals surface area contributed by atoms with Gasteiger partial charge in [0.1, 0.15) is 11.6 Å². The quantitative estimate of drug-likeness (QED) is 0.318. The molecule has 0 unspecified atom stereocenters. The minimum absolute atomic E-state index is 0.101. The number of halogens is 2. The van der Waals surface area contributed by atoms with Crippen molar-refractivity contribution in [2.45, 2.75) is 20.4 Å². The fourth-order valence-electron chi connectivity index (χ4n) is 4.27. The first-order valence-corrected chi connectivity index (χ1v) is 11.5. The van der Waals surface area contributed by atoms with Gasteiger partial charge in [0.05, 0.1) is 52.0 Å². The van der Waals surface area contributed by atoms with Gasteiger partial charge in [0.2, 0.25) is 0 Å². The second kappa shape index (κ2) is 9.63. The molecule has 37 heavy (non-hydrogen) atoms. The van der Waals surface area contributed by atoms with Crippen molar-refractivity contribution in [3.05, 3.63) is 113 Å². The van der Waals surface area contributed by atoms with Gasteiger partial charge in [0, 0.05) is 17.0 Å². The molecule has 0 radical (unpaired) electrons. The summed E-state index contributed by atoms with van der Waals surface area (Å²) < 4.78 is 29.8. The van der Waals surface area contributed by atoms with Crippen LogP contribution in [0.3, 0.4) is 0 Å². The number of aryl methyl sites for hydroxylation is 1. The smallest absolute Gasteiger partial charge is 0.256 e. The van der Waals surface area contributed by atoms with Crippen LogP contribution >= 0.6 is 0 Å². The van der Waals surface area contributed by atoms with Gasteiger partial charge >= 0.3 is 0 Å². The number of hydrogen-bond donors (Lipinski definition) is 1. The van der Waals surface area contributed by atoms with E-state index in [1.807, 2.05) is 26.0 Å². The molecule has 0 spiro atoms. The number of fused-ring (bicyclic) bond motifs is 1. The SMILES string of the molecule is Cc1nn(Cc2ccc(C#N)cc2)c(C)c1NC(=O)c1cc(-c2ccc(F)cc2F)nc2ccccc12. The van der Waals surface area contributed by atoms with Crippen molar-refractivity contribution in [3.63, 3.8) is 0 Å². The molecular weight excluding hydrogens is 472 g/mol. The Morgan fingerprint density at radius 2 is 1.78 bits per heavy atom. The molecule has 3 aromatic carbocycles. The van der Waals surface area contributed by atoms with Gasteiger partial charge in [-0.25, -0.2) is 13.8 Å². The minimum Gasteiger partial charge on any atom is -0.319 e. The van der Waals surface area contributed by atoms with Crippen LogP contribution in [-0.4, -0.2) is 20.7 Å². The van der Waals surface area contributed by atoms with Gasteiger partial charge in [-0.15, -0.1) is 0 Å². The average molecular weight is 494 g/mol. The number of amides is 1. The number of aromatic nitrogens is 3. The molecule has 0 aliphatic rings. The Morgan fingerprint density at radius 1 is 1.03 bits per heavy atom. The summed E-state index contributed by atoms with van der Waals surface area (Å²) in [6.45, 7) is 4.14. The summed E-state index contributed by atoms with van der Waals surface area (Å²) in [5.74, 6) is -1.85. The predicted molar refractivity (Wildman–Crippen MR) is 137 cm³/mol. The maximum Gasteiger partial charge on any atom is 0.256 e. The van der Waals surface area contributed by atoms with Crippen LogP contribution in [0.2, 0.25) is 0 Å². The second-order valence-corrected chi connectivity index (χ2v) is 8.66. The van der Waals surface area contributed by atoms with E-state index in [-0.39, 0.29) is 11.3 Å². The number of pyridine rings is 1. The number of para-hydroxylation sites is 1. The molecular formula is C29H21F2N5O. The van der Waals surface area contributed by atoms with E-state index in [4.69, 9.17) is 5.26 Å². The van der Waals surface area contributed by atoms with E-state index in [0.717, 1.165) is 23.4 Å². The molecule has 0 aliphatic heterocycles. The summed E-state index contributed by atoms with van der Waals surface area (Å²) >= 11 is 0. The van der Waals surface area contributed by atoms with Crippen LogP contribution in [0.5, 0.6) is 0 Å². The van der Waals surface area contributed by atoms with Gasteiger partial charge in [-0.3, -0.25) is 9.48 Å². The zero-order valence-electron chi connectivity index (χ0n) is 20.1. The first-order valence-electron chi connectivity index (χ1n) is 11.5. The topological polar surface area (TPSA) is 83.6 Å². The zero-order valence-corrected chi connectivity index (χ0v) is 20.1. The zero-order chi connectivity index (χ0) is 26.1. The lowest BCUT2D eigenvalue weighted by molar-refractivity contribution is 0.102. The first kappa shape index (κ1) is 23.8. The normalized spacial score (nSPS) is 10.9. The van der Waals surface area contributed by atoms with Crippen LogP contribution in [-0.2, 0) is 6.54 Å². The second-order valence-electron chi connectivity index (χ2n) is 8.66. The fraction of sp³-hybridized carbons (Fsp3) is 0.103.